The van der Waals surface area contributed by atoms with Crippen molar-refractivity contribution in [2.45, 2.75) is 31.0 Å². The van der Waals surface area contributed by atoms with E-state index in [9.17, 15) is 22.0 Å². The van der Waals surface area contributed by atoms with E-state index < -0.39 is 17.8 Å². The molecule has 1 unspecified atom stereocenters. The largest absolute Gasteiger partial charge is 0.433 e. The third-order valence-electron chi connectivity index (χ3n) is 7.11. The zero-order chi connectivity index (χ0) is 23.3. The Labute approximate surface area is 189 Å². The van der Waals surface area contributed by atoms with Crippen molar-refractivity contribution in [2.24, 2.45) is 11.3 Å². The van der Waals surface area contributed by atoms with E-state index in [0.29, 0.717) is 18.8 Å². The summed E-state index contributed by atoms with van der Waals surface area (Å²) in [4.78, 5) is 11.7. The van der Waals surface area contributed by atoms with Crippen LogP contribution in [0.25, 0.3) is 0 Å². The molecule has 1 saturated carbocycles. The molecule has 0 bridgehead atoms. The number of pyridine rings is 2. The van der Waals surface area contributed by atoms with Gasteiger partial charge < -0.3 is 10.2 Å². The number of nitrogens with one attached hydrogen (secondary N) is 1. The zero-order valence-electron chi connectivity index (χ0n) is 18.0. The normalized spacial score (nSPS) is 24.1. The fraction of sp³-hybridized carbons (Fsp3) is 0.565. The van der Waals surface area contributed by atoms with Gasteiger partial charge in [-0.1, -0.05) is 6.07 Å². The molecule has 4 heterocycles. The highest BCUT2D eigenvalue weighted by molar-refractivity contribution is 5.49. The van der Waals surface area contributed by atoms with Gasteiger partial charge in [0.1, 0.15) is 5.69 Å². The lowest BCUT2D eigenvalue weighted by molar-refractivity contribution is -0.141. The molecule has 5 nitrogen and oxygen atoms in total. The summed E-state index contributed by atoms with van der Waals surface area (Å²) in [6.45, 7) is 1.95. The number of rotatable bonds is 4. The van der Waals surface area contributed by atoms with E-state index in [1.165, 1.54) is 12.3 Å². The van der Waals surface area contributed by atoms with E-state index in [1.807, 2.05) is 21.9 Å². The van der Waals surface area contributed by atoms with Crippen molar-refractivity contribution in [2.75, 3.05) is 44.2 Å². The van der Waals surface area contributed by atoms with Crippen molar-refractivity contribution in [1.82, 2.24) is 20.2 Å². The lowest BCUT2D eigenvalue weighted by atomic mass is 9.55. The Morgan fingerprint density at radius 3 is 2.48 bits per heavy atom. The Hall–Kier alpha value is -2.33. The van der Waals surface area contributed by atoms with Gasteiger partial charge in [0.15, 0.2) is 0 Å². The minimum atomic E-state index is -4.45. The van der Waals surface area contributed by atoms with Crippen LogP contribution in [0.4, 0.5) is 27.6 Å². The van der Waals surface area contributed by atoms with Crippen LogP contribution in [-0.2, 0) is 6.18 Å². The summed E-state index contributed by atoms with van der Waals surface area (Å²) < 4.78 is 66.9. The lowest BCUT2D eigenvalue weighted by Gasteiger charge is -2.62. The fourth-order valence-corrected chi connectivity index (χ4v) is 5.72. The quantitative estimate of drug-likeness (QED) is 0.689. The van der Waals surface area contributed by atoms with E-state index in [1.54, 1.807) is 12.4 Å². The Morgan fingerprint density at radius 1 is 1.06 bits per heavy atom. The number of hydrogen-bond acceptors (Lipinski definition) is 5. The van der Waals surface area contributed by atoms with Crippen LogP contribution in [0.2, 0.25) is 0 Å². The maximum absolute atomic E-state index is 14.3. The molecule has 1 aliphatic carbocycles. The second-order valence-electron chi connectivity index (χ2n) is 9.66. The first kappa shape index (κ1) is 22.5. The molecule has 2 saturated heterocycles. The van der Waals surface area contributed by atoms with Crippen LogP contribution in [0.3, 0.4) is 0 Å². The smallest absolute Gasteiger partial charge is 0.369 e. The topological polar surface area (TPSA) is 44.3 Å². The van der Waals surface area contributed by atoms with Gasteiger partial charge in [-0.05, 0) is 42.5 Å². The Bertz CT molecular complexity index is 951. The second kappa shape index (κ2) is 8.16. The first-order valence-electron chi connectivity index (χ1n) is 11.2. The number of halogens is 5. The molecule has 0 aromatic carbocycles. The molecule has 3 aliphatic rings. The maximum atomic E-state index is 14.3. The summed E-state index contributed by atoms with van der Waals surface area (Å²) in [5, 5.41) is 2.83. The van der Waals surface area contributed by atoms with Gasteiger partial charge in [-0.2, -0.15) is 13.2 Å². The molecule has 5 rings (SSSR count). The summed E-state index contributed by atoms with van der Waals surface area (Å²) in [7, 11) is 0. The average molecular weight is 467 g/mol. The van der Waals surface area contributed by atoms with Gasteiger partial charge in [-0.15, -0.1) is 0 Å². The number of anilines is 1. The van der Waals surface area contributed by atoms with Gasteiger partial charge in [0.25, 0.3) is 5.92 Å². The van der Waals surface area contributed by atoms with Crippen LogP contribution in [-0.4, -0.2) is 60.1 Å². The molecule has 3 fully saturated rings. The van der Waals surface area contributed by atoms with Gasteiger partial charge in [-0.25, -0.2) is 13.8 Å². The maximum Gasteiger partial charge on any atom is 0.433 e. The van der Waals surface area contributed by atoms with Gasteiger partial charge in [0.2, 0.25) is 0 Å². The second-order valence-corrected chi connectivity index (χ2v) is 9.66. The van der Waals surface area contributed by atoms with Crippen LogP contribution in [0.15, 0.2) is 42.9 Å². The lowest BCUT2D eigenvalue weighted by Crippen LogP contribution is -2.64. The molecule has 0 amide bonds. The molecular weight excluding hydrogens is 441 g/mol. The van der Waals surface area contributed by atoms with Crippen molar-refractivity contribution in [3.63, 3.8) is 0 Å². The summed E-state index contributed by atoms with van der Waals surface area (Å²) in [5.74, 6) is -2.56. The van der Waals surface area contributed by atoms with E-state index in [0.717, 1.165) is 37.6 Å². The Balaban J connectivity index is 1.26. The molecular formula is C23H26F5N5. The molecule has 1 atom stereocenters. The van der Waals surface area contributed by atoms with E-state index in [2.05, 4.69) is 15.3 Å². The summed E-state index contributed by atoms with van der Waals surface area (Å²) >= 11 is 0. The first-order chi connectivity index (χ1) is 15.6. The van der Waals surface area contributed by atoms with Crippen molar-refractivity contribution in [1.29, 1.82) is 0 Å². The van der Waals surface area contributed by atoms with E-state index in [4.69, 9.17) is 0 Å². The summed E-state index contributed by atoms with van der Waals surface area (Å²) in [5.41, 5.74) is 0.825. The van der Waals surface area contributed by atoms with Gasteiger partial charge >= 0.3 is 6.18 Å². The molecule has 2 aromatic heterocycles. The van der Waals surface area contributed by atoms with Crippen molar-refractivity contribution in [3.8, 4) is 0 Å². The number of alkyl halides is 5. The van der Waals surface area contributed by atoms with Crippen LogP contribution in [0.1, 0.15) is 30.1 Å². The molecule has 1 N–H and O–H groups in total. The third kappa shape index (κ3) is 4.55. The molecule has 2 aliphatic heterocycles. The monoisotopic (exact) mass is 467 g/mol. The zero-order valence-corrected chi connectivity index (χ0v) is 18.0. The van der Waals surface area contributed by atoms with Gasteiger partial charge in [-0.3, -0.25) is 9.88 Å². The molecule has 1 spiro atoms. The predicted octanol–water partition coefficient (Wildman–Crippen LogP) is 3.99. The molecule has 33 heavy (non-hydrogen) atoms. The third-order valence-corrected chi connectivity index (χ3v) is 7.11. The fourth-order valence-electron chi connectivity index (χ4n) is 5.72. The molecule has 10 heteroatoms. The van der Waals surface area contributed by atoms with Crippen molar-refractivity contribution >= 4 is 5.69 Å². The number of aromatic nitrogens is 2. The first-order valence-corrected chi connectivity index (χ1v) is 11.2. The van der Waals surface area contributed by atoms with Gasteiger partial charge in [0, 0.05) is 50.0 Å². The summed E-state index contributed by atoms with van der Waals surface area (Å²) in [6.07, 6.45) is 2.07. The molecule has 0 radical (unpaired) electrons. The van der Waals surface area contributed by atoms with Crippen LogP contribution >= 0.6 is 0 Å². The van der Waals surface area contributed by atoms with Crippen LogP contribution < -0.4 is 10.2 Å². The Kier molecular flexibility index (Phi) is 5.55. The van der Waals surface area contributed by atoms with E-state index in [-0.39, 0.29) is 30.5 Å². The average Bonchev–Trinajstić information content (AvgIpc) is 2.89. The van der Waals surface area contributed by atoms with Crippen LogP contribution in [0, 0.1) is 11.3 Å². The standard InChI is InChI=1S/C23H26F5N5/c24-22(25)12-30-6-7-32(15-22)20(16-2-1-5-29-10-16)17-8-21(9-17)13-33(14-21)18-3-4-19(31-11-18)23(26,27)28/h1-5,10-11,17,20,30H,6-9,12-15H2. The Morgan fingerprint density at radius 2 is 1.85 bits per heavy atom. The van der Waals surface area contributed by atoms with Crippen molar-refractivity contribution < 1.29 is 22.0 Å². The van der Waals surface area contributed by atoms with Crippen molar-refractivity contribution in [3.05, 3.63) is 54.1 Å². The molecule has 178 valence electrons. The number of nitrogens with zero attached hydrogens (tertiary/aromatic N) is 4. The minimum Gasteiger partial charge on any atom is -0.369 e. The highest BCUT2D eigenvalue weighted by Gasteiger charge is 2.55. The number of hydrogen-bond donors (Lipinski definition) is 1. The van der Waals surface area contributed by atoms with E-state index >= 15 is 0 Å². The highest BCUT2D eigenvalue weighted by Crippen LogP contribution is 2.57. The highest BCUT2D eigenvalue weighted by atomic mass is 19.4. The minimum absolute atomic E-state index is 0.0838. The molecule has 2 aromatic rings. The summed E-state index contributed by atoms with van der Waals surface area (Å²) in [6, 6.07) is 6.14. The predicted molar refractivity (Wildman–Crippen MR) is 113 cm³/mol. The van der Waals surface area contributed by atoms with Gasteiger partial charge in [0.05, 0.1) is 25.0 Å². The SMILES string of the molecule is FC1(F)CNCCN(C(c2cccnc2)C2CC3(C2)CN(c2ccc(C(F)(F)F)nc2)C3)C1. The van der Waals surface area contributed by atoms with Crippen LogP contribution in [0.5, 0.6) is 0 Å².